The third kappa shape index (κ3) is 6.49. The molecular formula is C31H33FN2O6S. The minimum Gasteiger partial charge on any atom is -0.455 e. The maximum absolute atomic E-state index is 13.7. The number of sulfonamides is 1. The Morgan fingerprint density at radius 1 is 1.02 bits per heavy atom. The molecule has 0 saturated heterocycles. The molecular weight excluding hydrogens is 547 g/mol. The number of Topliss-reactive ketones (excluding diaryl/α,β-unsaturated/α-hetero) is 1. The lowest BCUT2D eigenvalue weighted by Gasteiger charge is -2.24. The molecule has 1 heterocycles. The van der Waals surface area contributed by atoms with Gasteiger partial charge in [0.05, 0.1) is 30.7 Å². The predicted octanol–water partition coefficient (Wildman–Crippen LogP) is 5.64. The van der Waals surface area contributed by atoms with Crippen molar-refractivity contribution in [3.63, 3.8) is 0 Å². The van der Waals surface area contributed by atoms with Gasteiger partial charge in [0.2, 0.25) is 10.0 Å². The minimum absolute atomic E-state index is 0.0646. The zero-order valence-electron chi connectivity index (χ0n) is 23.6. The van der Waals surface area contributed by atoms with Gasteiger partial charge >= 0.3 is 0 Å². The Bertz CT molecular complexity index is 1720. The number of fused-ring (bicyclic) bond motifs is 1. The average molecular weight is 581 g/mol. The highest BCUT2D eigenvalue weighted by Gasteiger charge is 2.27. The van der Waals surface area contributed by atoms with Crippen LogP contribution in [-0.4, -0.2) is 51.7 Å². The monoisotopic (exact) mass is 580 g/mol. The van der Waals surface area contributed by atoms with E-state index in [1.165, 1.54) is 37.4 Å². The molecule has 1 amide bonds. The van der Waals surface area contributed by atoms with Crippen molar-refractivity contribution in [3.05, 3.63) is 77.6 Å². The van der Waals surface area contributed by atoms with Crippen molar-refractivity contribution < 1.29 is 31.9 Å². The molecule has 0 aliphatic heterocycles. The molecule has 0 atom stereocenters. The summed E-state index contributed by atoms with van der Waals surface area (Å²) in [6, 6.07) is 15.5. The first-order chi connectivity index (χ1) is 19.2. The van der Waals surface area contributed by atoms with Crippen LogP contribution in [0.5, 0.6) is 0 Å². The number of furan rings is 1. The van der Waals surface area contributed by atoms with Gasteiger partial charge in [0, 0.05) is 41.6 Å². The summed E-state index contributed by atoms with van der Waals surface area (Å²) in [5.41, 5.74) is 2.25. The Labute approximate surface area is 238 Å². The quantitative estimate of drug-likeness (QED) is 0.248. The molecule has 0 radical (unpaired) electrons. The molecule has 216 valence electrons. The molecule has 0 fully saturated rings. The first kappa shape index (κ1) is 30.0. The van der Waals surface area contributed by atoms with Gasteiger partial charge < -0.3 is 14.8 Å². The Balaban J connectivity index is 2.05. The number of amides is 1. The van der Waals surface area contributed by atoms with Crippen molar-refractivity contribution >= 4 is 38.4 Å². The van der Waals surface area contributed by atoms with Gasteiger partial charge in [-0.1, -0.05) is 39.0 Å². The van der Waals surface area contributed by atoms with E-state index in [0.717, 1.165) is 10.6 Å². The highest BCUT2D eigenvalue weighted by Crippen LogP contribution is 2.42. The van der Waals surface area contributed by atoms with E-state index >= 15 is 0 Å². The summed E-state index contributed by atoms with van der Waals surface area (Å²) in [6.45, 7) is 5.23. The first-order valence-corrected chi connectivity index (χ1v) is 14.9. The van der Waals surface area contributed by atoms with Gasteiger partial charge in [0.15, 0.2) is 5.78 Å². The van der Waals surface area contributed by atoms with Crippen molar-refractivity contribution in [2.75, 3.05) is 30.8 Å². The number of aliphatic hydroxyl groups is 1. The average Bonchev–Trinajstić information content (AvgIpc) is 3.28. The summed E-state index contributed by atoms with van der Waals surface area (Å²) < 4.78 is 46.6. The van der Waals surface area contributed by atoms with E-state index in [2.05, 4.69) is 5.32 Å². The molecule has 0 bridgehead atoms. The van der Waals surface area contributed by atoms with E-state index in [9.17, 15) is 27.5 Å². The van der Waals surface area contributed by atoms with Crippen LogP contribution < -0.4 is 9.62 Å². The van der Waals surface area contributed by atoms with Crippen LogP contribution in [0.4, 0.5) is 10.1 Å². The highest BCUT2D eigenvalue weighted by molar-refractivity contribution is 7.92. The number of halogens is 1. The lowest BCUT2D eigenvalue weighted by Crippen LogP contribution is -2.33. The fraction of sp³-hybridized carbons (Fsp3) is 0.290. The molecule has 8 nitrogen and oxygen atoms in total. The van der Waals surface area contributed by atoms with Gasteiger partial charge in [0.1, 0.15) is 17.2 Å². The second-order valence-electron chi connectivity index (χ2n) is 11.1. The molecule has 0 saturated carbocycles. The molecule has 10 heteroatoms. The summed E-state index contributed by atoms with van der Waals surface area (Å²) in [5, 5.41) is 12.7. The summed E-state index contributed by atoms with van der Waals surface area (Å²) >= 11 is 0. The normalized spacial score (nSPS) is 12.0. The second-order valence-corrected chi connectivity index (χ2v) is 13.0. The van der Waals surface area contributed by atoms with E-state index in [1.54, 1.807) is 30.3 Å². The van der Waals surface area contributed by atoms with Crippen LogP contribution >= 0.6 is 0 Å². The first-order valence-electron chi connectivity index (χ1n) is 13.0. The number of hydrogen-bond donors (Lipinski definition) is 2. The third-order valence-corrected chi connectivity index (χ3v) is 7.71. The third-order valence-electron chi connectivity index (χ3n) is 6.53. The second kappa shape index (κ2) is 11.5. The van der Waals surface area contributed by atoms with E-state index in [1.807, 2.05) is 20.8 Å². The number of anilines is 1. The number of nitrogens with zero attached hydrogens (tertiary/aromatic N) is 1. The van der Waals surface area contributed by atoms with Gasteiger partial charge in [-0.25, -0.2) is 12.8 Å². The van der Waals surface area contributed by atoms with Crippen molar-refractivity contribution in [2.24, 2.45) is 5.41 Å². The largest absolute Gasteiger partial charge is 0.455 e. The maximum Gasteiger partial charge on any atom is 0.255 e. The van der Waals surface area contributed by atoms with Crippen LogP contribution in [0.3, 0.4) is 0 Å². The molecule has 0 unspecified atom stereocenters. The highest BCUT2D eigenvalue weighted by atomic mass is 32.2. The number of rotatable bonds is 9. The minimum atomic E-state index is -3.87. The Morgan fingerprint density at radius 3 is 2.29 bits per heavy atom. The zero-order chi connectivity index (χ0) is 30.1. The molecule has 0 spiro atoms. The Kier molecular flexibility index (Phi) is 8.37. The van der Waals surface area contributed by atoms with Gasteiger partial charge in [-0.2, -0.15) is 0 Å². The van der Waals surface area contributed by atoms with Crippen LogP contribution in [0.15, 0.2) is 65.1 Å². The topological polar surface area (TPSA) is 117 Å². The smallest absolute Gasteiger partial charge is 0.255 e. The number of hydrogen-bond acceptors (Lipinski definition) is 6. The molecule has 41 heavy (non-hydrogen) atoms. The lowest BCUT2D eigenvalue weighted by molar-refractivity contribution is 0.0937. The van der Waals surface area contributed by atoms with Crippen molar-refractivity contribution in [3.8, 4) is 22.5 Å². The molecule has 3 aromatic carbocycles. The van der Waals surface area contributed by atoms with E-state index in [-0.39, 0.29) is 40.3 Å². The van der Waals surface area contributed by atoms with Crippen LogP contribution in [0.1, 0.15) is 47.9 Å². The predicted molar refractivity (Wildman–Crippen MR) is 158 cm³/mol. The van der Waals surface area contributed by atoms with Crippen LogP contribution in [-0.2, 0) is 10.0 Å². The molecule has 0 aliphatic carbocycles. The lowest BCUT2D eigenvalue weighted by atomic mass is 9.87. The van der Waals surface area contributed by atoms with E-state index < -0.39 is 28.4 Å². The Hall–Kier alpha value is -4.02. The number of carbonyl (C=O) groups is 2. The molecule has 4 aromatic rings. The molecule has 2 N–H and O–H groups in total. The Morgan fingerprint density at radius 2 is 1.71 bits per heavy atom. The zero-order valence-corrected chi connectivity index (χ0v) is 24.4. The van der Waals surface area contributed by atoms with Gasteiger partial charge in [-0.05, 0) is 47.4 Å². The van der Waals surface area contributed by atoms with Crippen LogP contribution in [0.25, 0.3) is 33.4 Å². The van der Waals surface area contributed by atoms with Crippen molar-refractivity contribution in [1.82, 2.24) is 5.32 Å². The van der Waals surface area contributed by atoms with E-state index in [0.29, 0.717) is 34.1 Å². The fourth-order valence-electron chi connectivity index (χ4n) is 4.72. The summed E-state index contributed by atoms with van der Waals surface area (Å²) in [6.07, 6.45) is 1.34. The number of nitrogens with one attached hydrogen (secondary N) is 1. The number of carbonyl (C=O) groups excluding carboxylic acids is 2. The summed E-state index contributed by atoms with van der Waals surface area (Å²) in [4.78, 5) is 26.2. The molecule has 0 aliphatic rings. The number of benzene rings is 3. The van der Waals surface area contributed by atoms with Gasteiger partial charge in [0.25, 0.3) is 5.91 Å². The summed E-state index contributed by atoms with van der Waals surface area (Å²) in [7, 11) is -2.39. The summed E-state index contributed by atoms with van der Waals surface area (Å²) in [5.74, 6) is -0.786. The maximum atomic E-state index is 13.7. The van der Waals surface area contributed by atoms with Gasteiger partial charge in [-0.3, -0.25) is 13.9 Å². The number of ketones is 1. The number of aliphatic hydroxyl groups excluding tert-OH is 1. The molecule has 4 rings (SSSR count). The van der Waals surface area contributed by atoms with Crippen molar-refractivity contribution in [2.45, 2.75) is 27.2 Å². The molecule has 1 aromatic heterocycles. The fourth-order valence-corrected chi connectivity index (χ4v) is 5.65. The van der Waals surface area contributed by atoms with E-state index in [4.69, 9.17) is 4.42 Å². The van der Waals surface area contributed by atoms with Crippen molar-refractivity contribution in [1.29, 1.82) is 0 Å². The van der Waals surface area contributed by atoms with Crippen LogP contribution in [0.2, 0.25) is 0 Å². The van der Waals surface area contributed by atoms with Gasteiger partial charge in [-0.15, -0.1) is 0 Å². The standard InChI is InChI=1S/C31H33FN2O6S/c1-31(2,3)18-26(36)21-8-6-7-20(15-21)23-16-24-27(17-25(23)34(13-14-35)41(5,38)39)40-29(28(24)30(37)33-4)19-9-11-22(32)12-10-19/h6-12,15-17,35H,13-14,18H2,1-5H3,(H,33,37). The van der Waals surface area contributed by atoms with Crippen LogP contribution in [0, 0.1) is 11.2 Å². The SMILES string of the molecule is CNC(=O)c1c(-c2ccc(F)cc2)oc2cc(N(CCO)S(C)(=O)=O)c(-c3cccc(C(=O)CC(C)(C)C)c3)cc12.